The molecule has 0 saturated carbocycles. The van der Waals surface area contributed by atoms with Gasteiger partial charge in [0.05, 0.1) is 24.9 Å². The van der Waals surface area contributed by atoms with E-state index in [1.54, 1.807) is 0 Å². The fourth-order valence-electron chi connectivity index (χ4n) is 1.99. The zero-order valence-electron chi connectivity index (χ0n) is 11.2. The van der Waals surface area contributed by atoms with Crippen LogP contribution in [-0.2, 0) is 18.4 Å². The van der Waals surface area contributed by atoms with Crippen LogP contribution in [0.3, 0.4) is 0 Å². The summed E-state index contributed by atoms with van der Waals surface area (Å²) in [5.74, 6) is -0.498. The Kier molecular flexibility index (Phi) is 6.08. The fraction of sp³-hybridized carbons (Fsp3) is 0.900. The maximum absolute atomic E-state index is 12.1. The van der Waals surface area contributed by atoms with Gasteiger partial charge in [-0.25, -0.2) is 0 Å². The predicted molar refractivity (Wildman–Crippen MR) is 67.1 cm³/mol. The zero-order valence-corrected chi connectivity index (χ0v) is 12.1. The molecule has 1 amide bonds. The van der Waals surface area contributed by atoms with Crippen LogP contribution in [0.1, 0.15) is 6.92 Å². The molecule has 1 aliphatic rings. The van der Waals surface area contributed by atoms with Gasteiger partial charge in [0.15, 0.2) is 0 Å². The summed E-state index contributed by atoms with van der Waals surface area (Å²) in [6, 6.07) is -1.08. The Bertz CT molecular complexity index is 391. The van der Waals surface area contributed by atoms with Gasteiger partial charge in [-0.15, -0.1) is 0 Å². The molecular weight excluding hydrogens is 293 g/mol. The standard InChI is InChI=1S/C10H20NO8P/c1-5(13)11-8-7(15)4-20(17,18-2)19-10(8)9(16)6(14)3-12/h6-10,12,14-16H,3-4H2,1-2H3,(H,11,13)/t6-,7-,8+,9+,10+,20+/m0/s1. The number of aliphatic hydroxyl groups excluding tert-OH is 4. The van der Waals surface area contributed by atoms with Gasteiger partial charge in [-0.05, 0) is 0 Å². The van der Waals surface area contributed by atoms with E-state index in [1.807, 2.05) is 0 Å². The summed E-state index contributed by atoms with van der Waals surface area (Å²) >= 11 is 0. The molecule has 1 saturated heterocycles. The number of hydrogen-bond acceptors (Lipinski definition) is 8. The lowest BCUT2D eigenvalue weighted by Crippen LogP contribution is -2.61. The van der Waals surface area contributed by atoms with Gasteiger partial charge in [-0.2, -0.15) is 0 Å². The van der Waals surface area contributed by atoms with Crippen LogP contribution in [0.5, 0.6) is 0 Å². The zero-order chi connectivity index (χ0) is 15.5. The van der Waals surface area contributed by atoms with Crippen LogP contribution >= 0.6 is 7.60 Å². The van der Waals surface area contributed by atoms with Crippen LogP contribution in [0.2, 0.25) is 0 Å². The van der Waals surface area contributed by atoms with E-state index in [4.69, 9.17) is 14.2 Å². The lowest BCUT2D eigenvalue weighted by atomic mass is 9.97. The van der Waals surface area contributed by atoms with Crippen molar-refractivity contribution in [2.75, 3.05) is 19.9 Å². The van der Waals surface area contributed by atoms with E-state index in [0.29, 0.717) is 0 Å². The highest BCUT2D eigenvalue weighted by atomic mass is 31.2. The van der Waals surface area contributed by atoms with Gasteiger partial charge in [-0.3, -0.25) is 9.36 Å². The summed E-state index contributed by atoms with van der Waals surface area (Å²) < 4.78 is 21.9. The first-order valence-electron chi connectivity index (χ1n) is 5.99. The van der Waals surface area contributed by atoms with E-state index in [1.165, 1.54) is 6.92 Å². The Hall–Kier alpha value is -0.540. The summed E-state index contributed by atoms with van der Waals surface area (Å²) in [7, 11) is -2.52. The van der Waals surface area contributed by atoms with Crippen molar-refractivity contribution in [3.8, 4) is 0 Å². The first-order valence-corrected chi connectivity index (χ1v) is 7.72. The largest absolute Gasteiger partial charge is 0.394 e. The third-order valence-electron chi connectivity index (χ3n) is 3.03. The SMILES string of the molecule is CO[P@]1(=O)C[C@H](O)[C@@H](NC(C)=O)[C@H]([C@H](O)[C@@H](O)CO)O1. The van der Waals surface area contributed by atoms with E-state index < -0.39 is 50.6 Å². The summed E-state index contributed by atoms with van der Waals surface area (Å²) in [6.45, 7) is 0.435. The summed E-state index contributed by atoms with van der Waals surface area (Å²) in [4.78, 5) is 11.1. The highest BCUT2D eigenvalue weighted by Crippen LogP contribution is 2.53. The van der Waals surface area contributed by atoms with E-state index in [2.05, 4.69) is 5.32 Å². The second kappa shape index (κ2) is 6.95. The smallest absolute Gasteiger partial charge is 0.333 e. The van der Waals surface area contributed by atoms with Crippen molar-refractivity contribution in [3.63, 3.8) is 0 Å². The van der Waals surface area contributed by atoms with Crippen molar-refractivity contribution < 1.29 is 38.8 Å². The Balaban J connectivity index is 3.01. The van der Waals surface area contributed by atoms with Crippen LogP contribution in [0, 0.1) is 0 Å². The van der Waals surface area contributed by atoms with Gasteiger partial charge < -0.3 is 34.8 Å². The predicted octanol–water partition coefficient (Wildman–Crippen LogP) is -2.20. The Morgan fingerprint density at radius 3 is 2.60 bits per heavy atom. The Labute approximate surface area is 116 Å². The molecule has 0 radical (unpaired) electrons. The molecule has 20 heavy (non-hydrogen) atoms. The highest BCUT2D eigenvalue weighted by Gasteiger charge is 2.49. The number of carbonyl (C=O) groups is 1. The summed E-state index contributed by atoms with van der Waals surface area (Å²) in [5, 5.41) is 40.5. The normalized spacial score (nSPS) is 37.2. The minimum atomic E-state index is -3.65. The number of amides is 1. The molecule has 10 heteroatoms. The van der Waals surface area contributed by atoms with Crippen molar-refractivity contribution in [2.24, 2.45) is 0 Å². The van der Waals surface area contributed by atoms with Gasteiger partial charge in [0.1, 0.15) is 18.3 Å². The Morgan fingerprint density at radius 2 is 2.15 bits per heavy atom. The molecule has 0 bridgehead atoms. The summed E-state index contributed by atoms with van der Waals surface area (Å²) in [6.07, 6.45) is -6.26. The van der Waals surface area contributed by atoms with Crippen molar-refractivity contribution in [1.29, 1.82) is 0 Å². The number of rotatable bonds is 5. The molecule has 5 N–H and O–H groups in total. The molecule has 1 rings (SSSR count). The first-order chi connectivity index (χ1) is 9.24. The van der Waals surface area contributed by atoms with E-state index >= 15 is 0 Å². The third kappa shape index (κ3) is 3.98. The number of nitrogens with one attached hydrogen (secondary N) is 1. The molecule has 1 fully saturated rings. The number of hydrogen-bond donors (Lipinski definition) is 5. The van der Waals surface area contributed by atoms with Gasteiger partial charge in [-0.1, -0.05) is 0 Å². The molecule has 9 nitrogen and oxygen atoms in total. The minimum absolute atomic E-state index is 0.354. The molecule has 0 unspecified atom stereocenters. The topological polar surface area (TPSA) is 146 Å². The van der Waals surface area contributed by atoms with Crippen molar-refractivity contribution in [1.82, 2.24) is 5.32 Å². The van der Waals surface area contributed by atoms with Crippen molar-refractivity contribution in [2.45, 2.75) is 37.4 Å². The lowest BCUT2D eigenvalue weighted by molar-refractivity contribution is -0.127. The van der Waals surface area contributed by atoms with Crippen LogP contribution in [0.15, 0.2) is 0 Å². The van der Waals surface area contributed by atoms with Gasteiger partial charge >= 0.3 is 7.60 Å². The maximum atomic E-state index is 12.1. The lowest BCUT2D eigenvalue weighted by Gasteiger charge is -2.41. The van der Waals surface area contributed by atoms with E-state index in [0.717, 1.165) is 7.11 Å². The highest BCUT2D eigenvalue weighted by molar-refractivity contribution is 7.54. The van der Waals surface area contributed by atoms with Gasteiger partial charge in [0.25, 0.3) is 0 Å². The second-order valence-corrected chi connectivity index (χ2v) is 6.74. The number of aliphatic hydroxyl groups is 4. The van der Waals surface area contributed by atoms with Crippen LogP contribution in [0.25, 0.3) is 0 Å². The van der Waals surface area contributed by atoms with Crippen LogP contribution in [0.4, 0.5) is 0 Å². The van der Waals surface area contributed by atoms with Gasteiger partial charge in [0, 0.05) is 14.0 Å². The van der Waals surface area contributed by atoms with Gasteiger partial charge in [0.2, 0.25) is 5.91 Å². The van der Waals surface area contributed by atoms with E-state index in [-0.39, 0.29) is 6.16 Å². The average Bonchev–Trinajstić information content (AvgIpc) is 2.39. The third-order valence-corrected chi connectivity index (χ3v) is 4.97. The quantitative estimate of drug-likeness (QED) is 0.360. The molecule has 1 heterocycles. The fourth-order valence-corrected chi connectivity index (χ4v) is 3.62. The molecule has 118 valence electrons. The van der Waals surface area contributed by atoms with Crippen molar-refractivity contribution >= 4 is 13.5 Å². The molecule has 0 aromatic rings. The molecule has 0 aromatic heterocycles. The van der Waals surface area contributed by atoms with E-state index in [9.17, 15) is 24.7 Å². The molecular formula is C10H20NO8P. The monoisotopic (exact) mass is 313 g/mol. The molecule has 6 atom stereocenters. The molecule has 0 aromatic carbocycles. The van der Waals surface area contributed by atoms with Crippen molar-refractivity contribution in [3.05, 3.63) is 0 Å². The minimum Gasteiger partial charge on any atom is -0.394 e. The summed E-state index contributed by atoms with van der Waals surface area (Å²) in [5.41, 5.74) is 0. The molecule has 0 aliphatic carbocycles. The molecule has 1 aliphatic heterocycles. The molecule has 0 spiro atoms. The number of carbonyl (C=O) groups excluding carboxylic acids is 1. The first kappa shape index (κ1) is 17.5. The van der Waals surface area contributed by atoms with Crippen LogP contribution < -0.4 is 5.32 Å². The Morgan fingerprint density at radius 1 is 1.55 bits per heavy atom. The average molecular weight is 313 g/mol. The van der Waals surface area contributed by atoms with Crippen LogP contribution in [-0.4, -0.2) is 76.7 Å². The maximum Gasteiger partial charge on any atom is 0.333 e. The second-order valence-electron chi connectivity index (χ2n) is 4.58.